The fourth-order valence-corrected chi connectivity index (χ4v) is 0.333. The van der Waals surface area contributed by atoms with Crippen LogP contribution in [0.3, 0.4) is 0 Å². The molecule has 0 rings (SSSR count). The highest BCUT2D eigenvalue weighted by atomic mass is 19.2. The number of carbonyl (C=O) groups excluding carboxylic acids is 1. The summed E-state index contributed by atoms with van der Waals surface area (Å²) in [5.74, 6) is -0.972. The lowest BCUT2D eigenvalue weighted by Crippen LogP contribution is -2.26. The monoisotopic (exact) mass is 140 g/mol. The molecule has 0 aliphatic rings. The van der Waals surface area contributed by atoms with Crippen molar-refractivity contribution in [2.45, 2.75) is 19.3 Å². The summed E-state index contributed by atoms with van der Waals surface area (Å²) >= 11 is 0. The summed E-state index contributed by atoms with van der Waals surface area (Å²) in [7, 11) is 0. The van der Waals surface area contributed by atoms with Crippen molar-refractivity contribution in [3.63, 3.8) is 0 Å². The summed E-state index contributed by atoms with van der Waals surface area (Å²) in [6.07, 6.45) is -4.59. The Labute approximate surface area is 50.9 Å². The van der Waals surface area contributed by atoms with Crippen LogP contribution < -0.4 is 0 Å². The van der Waals surface area contributed by atoms with Crippen molar-refractivity contribution in [3.05, 3.63) is 0 Å². The molecular formula is C5H7F3O. The predicted molar refractivity (Wildman–Crippen MR) is 26.4 cm³/mol. The molecule has 0 amide bonds. The van der Waals surface area contributed by atoms with E-state index in [9.17, 15) is 18.0 Å². The zero-order chi connectivity index (χ0) is 7.44. The molecule has 0 aliphatic carbocycles. The van der Waals surface area contributed by atoms with Crippen molar-refractivity contribution in [1.29, 1.82) is 0 Å². The third kappa shape index (κ3) is 2.49. The van der Waals surface area contributed by atoms with Crippen molar-refractivity contribution >= 4 is 5.78 Å². The lowest BCUT2D eigenvalue weighted by molar-refractivity contribution is -0.124. The molecule has 0 saturated heterocycles. The van der Waals surface area contributed by atoms with Crippen LogP contribution in [0.15, 0.2) is 0 Å². The van der Waals surface area contributed by atoms with Gasteiger partial charge in [0.2, 0.25) is 0 Å². The first kappa shape index (κ1) is 8.46. The van der Waals surface area contributed by atoms with Gasteiger partial charge >= 0.3 is 0 Å². The summed E-state index contributed by atoms with van der Waals surface area (Å²) in [6, 6.07) is 0. The van der Waals surface area contributed by atoms with Crippen molar-refractivity contribution in [2.75, 3.05) is 6.67 Å². The third-order valence-corrected chi connectivity index (χ3v) is 0.853. The molecule has 0 aromatic rings. The van der Waals surface area contributed by atoms with E-state index in [1.807, 2.05) is 0 Å². The Balaban J connectivity index is 3.72. The summed E-state index contributed by atoms with van der Waals surface area (Å²) in [4.78, 5) is 9.96. The Hall–Kier alpha value is -0.540. The quantitative estimate of drug-likeness (QED) is 0.576. The van der Waals surface area contributed by atoms with E-state index in [1.165, 1.54) is 0 Å². The van der Waals surface area contributed by atoms with Crippen LogP contribution in [0.25, 0.3) is 0 Å². The van der Waals surface area contributed by atoms with E-state index >= 15 is 0 Å². The van der Waals surface area contributed by atoms with Crippen LogP contribution in [0.1, 0.15) is 6.92 Å². The molecule has 0 radical (unpaired) electrons. The Morgan fingerprint density at radius 3 is 2.11 bits per heavy atom. The van der Waals surface area contributed by atoms with E-state index in [1.54, 1.807) is 0 Å². The highest BCUT2D eigenvalue weighted by Crippen LogP contribution is 2.04. The minimum Gasteiger partial charge on any atom is -0.297 e. The molecule has 4 heteroatoms. The molecule has 1 nitrogen and oxygen atoms in total. The molecule has 0 N–H and O–H groups in total. The first-order valence-electron chi connectivity index (χ1n) is 2.44. The number of alkyl halides is 3. The topological polar surface area (TPSA) is 17.1 Å². The van der Waals surface area contributed by atoms with Crippen molar-refractivity contribution in [3.8, 4) is 0 Å². The molecule has 54 valence electrons. The number of hydrogen-bond donors (Lipinski definition) is 0. The van der Waals surface area contributed by atoms with E-state index in [-0.39, 0.29) is 0 Å². The van der Waals surface area contributed by atoms with Gasteiger partial charge in [-0.3, -0.25) is 4.79 Å². The number of halogens is 3. The molecule has 9 heavy (non-hydrogen) atoms. The molecule has 0 aliphatic heterocycles. The Bertz CT molecular complexity index is 104. The van der Waals surface area contributed by atoms with Gasteiger partial charge in [0, 0.05) is 0 Å². The Kier molecular flexibility index (Phi) is 3.27. The number of ketones is 1. The van der Waals surface area contributed by atoms with Crippen LogP contribution in [-0.4, -0.2) is 24.8 Å². The molecule has 0 bridgehead atoms. The van der Waals surface area contributed by atoms with E-state index in [0.29, 0.717) is 0 Å². The summed E-state index contributed by atoms with van der Waals surface area (Å²) in [6.45, 7) is -0.562. The van der Waals surface area contributed by atoms with Crippen molar-refractivity contribution in [1.82, 2.24) is 0 Å². The molecule has 0 aromatic heterocycles. The second-order valence-corrected chi connectivity index (χ2v) is 1.68. The number of carbonyl (C=O) groups is 1. The molecule has 0 heterocycles. The summed E-state index contributed by atoms with van der Waals surface area (Å²) < 4.78 is 35.0. The van der Waals surface area contributed by atoms with Gasteiger partial charge in [-0.2, -0.15) is 0 Å². The third-order valence-electron chi connectivity index (χ3n) is 0.853. The van der Waals surface area contributed by atoms with Crippen molar-refractivity contribution in [2.24, 2.45) is 0 Å². The van der Waals surface area contributed by atoms with Gasteiger partial charge in [0.05, 0.1) is 0 Å². The van der Waals surface area contributed by atoms with Crippen LogP contribution in [0, 0.1) is 0 Å². The summed E-state index contributed by atoms with van der Waals surface area (Å²) in [5.41, 5.74) is 0. The molecule has 0 spiro atoms. The minimum atomic E-state index is -2.30. The van der Waals surface area contributed by atoms with Gasteiger partial charge in [-0.25, -0.2) is 13.2 Å². The van der Waals surface area contributed by atoms with Crippen LogP contribution >= 0.6 is 0 Å². The standard InChI is InChI=1S/C5H7F3O/c1-3(9)5(8)4(7)2-6/h4-5H,2H2,1H3. The average molecular weight is 140 g/mol. The molecule has 2 unspecified atom stereocenters. The van der Waals surface area contributed by atoms with Gasteiger partial charge in [0.25, 0.3) is 0 Å². The molecular weight excluding hydrogens is 133 g/mol. The van der Waals surface area contributed by atoms with Crippen LogP contribution in [0.4, 0.5) is 13.2 Å². The van der Waals surface area contributed by atoms with Gasteiger partial charge in [-0.15, -0.1) is 0 Å². The maximum absolute atomic E-state index is 12.0. The van der Waals surface area contributed by atoms with Crippen LogP contribution in [0.2, 0.25) is 0 Å². The van der Waals surface area contributed by atoms with E-state index in [0.717, 1.165) is 6.92 Å². The molecule has 0 fully saturated rings. The van der Waals surface area contributed by atoms with Gasteiger partial charge in [-0.05, 0) is 6.92 Å². The second kappa shape index (κ2) is 3.48. The average Bonchev–Trinajstić information content (AvgIpc) is 1.84. The van der Waals surface area contributed by atoms with Crippen LogP contribution in [0.5, 0.6) is 0 Å². The van der Waals surface area contributed by atoms with E-state index in [2.05, 4.69) is 0 Å². The van der Waals surface area contributed by atoms with Gasteiger partial charge in [0.1, 0.15) is 6.67 Å². The highest BCUT2D eigenvalue weighted by Gasteiger charge is 2.24. The molecule has 0 saturated carbocycles. The lowest BCUT2D eigenvalue weighted by Gasteiger charge is -2.04. The van der Waals surface area contributed by atoms with Crippen LogP contribution in [-0.2, 0) is 4.79 Å². The van der Waals surface area contributed by atoms with Gasteiger partial charge in [-0.1, -0.05) is 0 Å². The van der Waals surface area contributed by atoms with Gasteiger partial charge in [0.15, 0.2) is 18.1 Å². The summed E-state index contributed by atoms with van der Waals surface area (Å²) in [5, 5.41) is 0. The predicted octanol–water partition coefficient (Wildman–Crippen LogP) is 1.22. The fraction of sp³-hybridized carbons (Fsp3) is 0.800. The van der Waals surface area contributed by atoms with Crippen molar-refractivity contribution < 1.29 is 18.0 Å². The number of hydrogen-bond acceptors (Lipinski definition) is 1. The Morgan fingerprint density at radius 1 is 1.56 bits per heavy atom. The maximum atomic E-state index is 12.0. The maximum Gasteiger partial charge on any atom is 0.191 e. The molecule has 2 atom stereocenters. The second-order valence-electron chi connectivity index (χ2n) is 1.68. The highest BCUT2D eigenvalue weighted by molar-refractivity contribution is 5.80. The van der Waals surface area contributed by atoms with E-state index in [4.69, 9.17) is 0 Å². The first-order chi connectivity index (χ1) is 4.09. The SMILES string of the molecule is CC(=O)C(F)C(F)CF. The zero-order valence-electron chi connectivity index (χ0n) is 4.90. The Morgan fingerprint density at radius 2 is 2.00 bits per heavy atom. The normalized spacial score (nSPS) is 16.9. The van der Waals surface area contributed by atoms with E-state index < -0.39 is 24.8 Å². The number of rotatable bonds is 3. The largest absolute Gasteiger partial charge is 0.297 e. The zero-order valence-corrected chi connectivity index (χ0v) is 4.90. The minimum absolute atomic E-state index is 0.882. The molecule has 0 aromatic carbocycles. The van der Waals surface area contributed by atoms with Gasteiger partial charge < -0.3 is 0 Å². The first-order valence-corrected chi connectivity index (χ1v) is 2.44. The lowest BCUT2D eigenvalue weighted by atomic mass is 10.2. The number of Topliss-reactive ketones (excluding diaryl/α,β-unsaturated/α-hetero) is 1. The smallest absolute Gasteiger partial charge is 0.191 e. The fourth-order valence-electron chi connectivity index (χ4n) is 0.333.